The maximum atomic E-state index is 13.3. The van der Waals surface area contributed by atoms with Crippen LogP contribution in [0.2, 0.25) is 0 Å². The van der Waals surface area contributed by atoms with Crippen LogP contribution in [0.1, 0.15) is 26.3 Å². The Balaban J connectivity index is 2.22. The van der Waals surface area contributed by atoms with E-state index >= 15 is 0 Å². The largest absolute Gasteiger partial charge is 0.496 e. The normalized spacial score (nSPS) is 12.5. The zero-order valence-electron chi connectivity index (χ0n) is 13.4. The lowest BCUT2D eigenvalue weighted by molar-refractivity contribution is 0.104. The van der Waals surface area contributed by atoms with Crippen LogP contribution in [-0.4, -0.2) is 19.2 Å². The Morgan fingerprint density at radius 1 is 1.00 bits per heavy atom. The average molecular weight is 332 g/mol. The van der Waals surface area contributed by atoms with Crippen molar-refractivity contribution in [2.75, 3.05) is 7.11 Å². The molecule has 0 fully saturated rings. The van der Waals surface area contributed by atoms with E-state index in [0.29, 0.717) is 39.7 Å². The number of allylic oxidation sites excluding steroid dienone is 1. The van der Waals surface area contributed by atoms with Gasteiger partial charge >= 0.3 is 0 Å². The van der Waals surface area contributed by atoms with Gasteiger partial charge in [-0.15, -0.1) is 0 Å². The van der Waals surface area contributed by atoms with E-state index in [1.807, 2.05) is 12.1 Å². The average Bonchev–Trinajstić information content (AvgIpc) is 2.64. The van der Waals surface area contributed by atoms with Crippen molar-refractivity contribution in [3.8, 4) is 16.9 Å². The lowest BCUT2D eigenvalue weighted by atomic mass is 9.85. The van der Waals surface area contributed by atoms with Gasteiger partial charge in [-0.25, -0.2) is 4.39 Å². The number of benzene rings is 3. The van der Waals surface area contributed by atoms with E-state index in [1.54, 1.807) is 31.4 Å². The topological polar surface area (TPSA) is 43.4 Å². The summed E-state index contributed by atoms with van der Waals surface area (Å²) in [5.74, 6) is 0.0508. The maximum absolute atomic E-state index is 13.3. The molecule has 0 heterocycles. The molecule has 0 aromatic heterocycles. The zero-order valence-corrected chi connectivity index (χ0v) is 13.4. The number of carbonyl (C=O) groups excluding carboxylic acids is 2. The predicted octanol–water partition coefficient (Wildman–Crippen LogP) is 4.68. The van der Waals surface area contributed by atoms with Gasteiger partial charge in [0.2, 0.25) is 0 Å². The van der Waals surface area contributed by atoms with Crippen molar-refractivity contribution < 1.29 is 18.7 Å². The summed E-state index contributed by atoms with van der Waals surface area (Å²) < 4.78 is 18.8. The van der Waals surface area contributed by atoms with Crippen LogP contribution in [0.15, 0.2) is 48.5 Å². The third kappa shape index (κ3) is 2.26. The lowest BCUT2D eigenvalue weighted by Gasteiger charge is -2.19. The Hall–Kier alpha value is -3.27. The third-order valence-electron chi connectivity index (χ3n) is 4.47. The van der Waals surface area contributed by atoms with E-state index in [-0.39, 0.29) is 11.6 Å². The van der Waals surface area contributed by atoms with Crippen molar-refractivity contribution in [2.45, 2.75) is 0 Å². The number of aldehydes is 1. The minimum absolute atomic E-state index is 0.153. The van der Waals surface area contributed by atoms with E-state index in [1.165, 1.54) is 18.2 Å². The number of hydrogen-bond donors (Lipinski definition) is 0. The summed E-state index contributed by atoms with van der Waals surface area (Å²) in [6, 6.07) is 11.2. The molecule has 0 aliphatic heterocycles. The standard InChI is InChI=1S/C21H13FO3/c1-25-18-9-5-13-4-8-17(24)16-10-14(11-23)19(21(18)20(13)16)12-2-6-15(22)7-3-12/h2-11H,1H3. The van der Waals surface area contributed by atoms with Gasteiger partial charge in [-0.05, 0) is 41.5 Å². The van der Waals surface area contributed by atoms with Gasteiger partial charge in [0.15, 0.2) is 12.1 Å². The van der Waals surface area contributed by atoms with E-state index in [4.69, 9.17) is 4.74 Å². The van der Waals surface area contributed by atoms with Gasteiger partial charge in [0.25, 0.3) is 0 Å². The van der Waals surface area contributed by atoms with Crippen molar-refractivity contribution >= 4 is 28.9 Å². The molecule has 0 spiro atoms. The summed E-state index contributed by atoms with van der Waals surface area (Å²) in [7, 11) is 1.54. The van der Waals surface area contributed by atoms with Crippen molar-refractivity contribution in [3.63, 3.8) is 0 Å². The Kier molecular flexibility index (Phi) is 3.46. The molecule has 0 saturated heterocycles. The molecule has 0 bridgehead atoms. The Labute approximate surface area is 143 Å². The summed E-state index contributed by atoms with van der Waals surface area (Å²) >= 11 is 0. The van der Waals surface area contributed by atoms with Gasteiger partial charge in [0.05, 0.1) is 7.11 Å². The van der Waals surface area contributed by atoms with Gasteiger partial charge in [-0.2, -0.15) is 0 Å². The first-order valence-corrected chi connectivity index (χ1v) is 7.75. The maximum Gasteiger partial charge on any atom is 0.186 e. The molecule has 0 radical (unpaired) electrons. The molecule has 0 unspecified atom stereocenters. The zero-order chi connectivity index (χ0) is 17.6. The highest BCUT2D eigenvalue weighted by atomic mass is 19.1. The van der Waals surface area contributed by atoms with Crippen molar-refractivity contribution in [1.29, 1.82) is 0 Å². The lowest BCUT2D eigenvalue weighted by Crippen LogP contribution is -2.06. The highest BCUT2D eigenvalue weighted by Crippen LogP contribution is 2.42. The van der Waals surface area contributed by atoms with E-state index in [2.05, 4.69) is 0 Å². The fourth-order valence-electron chi connectivity index (χ4n) is 3.36. The van der Waals surface area contributed by atoms with E-state index in [0.717, 1.165) is 10.9 Å². The minimum atomic E-state index is -0.357. The quantitative estimate of drug-likeness (QED) is 0.654. The second kappa shape index (κ2) is 5.67. The molecule has 0 saturated carbocycles. The number of rotatable bonds is 3. The molecule has 0 atom stereocenters. The van der Waals surface area contributed by atoms with Crippen LogP contribution < -0.4 is 4.74 Å². The highest BCUT2D eigenvalue weighted by Gasteiger charge is 2.23. The second-order valence-electron chi connectivity index (χ2n) is 5.82. The minimum Gasteiger partial charge on any atom is -0.496 e. The molecule has 25 heavy (non-hydrogen) atoms. The van der Waals surface area contributed by atoms with Gasteiger partial charge in [-0.1, -0.05) is 24.3 Å². The Morgan fingerprint density at radius 3 is 2.44 bits per heavy atom. The van der Waals surface area contributed by atoms with Gasteiger partial charge in [0.1, 0.15) is 11.6 Å². The summed E-state index contributed by atoms with van der Waals surface area (Å²) in [6.07, 6.45) is 3.97. The van der Waals surface area contributed by atoms with Gasteiger partial charge in [0, 0.05) is 27.5 Å². The molecule has 1 aliphatic rings. The monoisotopic (exact) mass is 332 g/mol. The fraction of sp³-hybridized carbons (Fsp3) is 0.0476. The Morgan fingerprint density at radius 2 is 1.76 bits per heavy atom. The van der Waals surface area contributed by atoms with Crippen molar-refractivity contribution in [3.05, 3.63) is 71.0 Å². The number of hydrogen-bond acceptors (Lipinski definition) is 3. The molecular formula is C21H13FO3. The molecule has 3 nitrogen and oxygen atoms in total. The third-order valence-corrected chi connectivity index (χ3v) is 4.47. The molecule has 0 amide bonds. The van der Waals surface area contributed by atoms with Gasteiger partial charge in [-0.3, -0.25) is 9.59 Å². The van der Waals surface area contributed by atoms with Crippen LogP contribution in [0.3, 0.4) is 0 Å². The molecular weight excluding hydrogens is 319 g/mol. The second-order valence-corrected chi connectivity index (χ2v) is 5.82. The number of methoxy groups -OCH3 is 1. The molecule has 0 N–H and O–H groups in total. The van der Waals surface area contributed by atoms with Crippen LogP contribution in [0.25, 0.3) is 28.0 Å². The summed E-state index contributed by atoms with van der Waals surface area (Å²) in [5.41, 5.74) is 3.04. The van der Waals surface area contributed by atoms with Crippen LogP contribution in [-0.2, 0) is 0 Å². The SMILES string of the molecule is COc1ccc2c3c(cc(C=O)c(-c4ccc(F)cc4)c13)C(=O)C=C2. The van der Waals surface area contributed by atoms with Crippen LogP contribution in [0.4, 0.5) is 4.39 Å². The highest BCUT2D eigenvalue weighted by molar-refractivity contribution is 6.24. The fourth-order valence-corrected chi connectivity index (χ4v) is 3.36. The first kappa shape index (κ1) is 15.3. The molecule has 3 aromatic carbocycles. The summed E-state index contributed by atoms with van der Waals surface area (Å²) in [4.78, 5) is 24.1. The first-order valence-electron chi connectivity index (χ1n) is 7.75. The number of ether oxygens (including phenoxy) is 1. The number of ketones is 1. The summed E-state index contributed by atoms with van der Waals surface area (Å²) in [5, 5.41) is 1.43. The smallest absolute Gasteiger partial charge is 0.186 e. The van der Waals surface area contributed by atoms with Crippen LogP contribution in [0.5, 0.6) is 5.75 Å². The van der Waals surface area contributed by atoms with Gasteiger partial charge < -0.3 is 4.74 Å². The van der Waals surface area contributed by atoms with Crippen molar-refractivity contribution in [2.24, 2.45) is 0 Å². The summed E-state index contributed by atoms with van der Waals surface area (Å²) in [6.45, 7) is 0. The first-order chi connectivity index (χ1) is 12.1. The molecule has 3 aromatic rings. The molecule has 122 valence electrons. The molecule has 4 rings (SSSR count). The van der Waals surface area contributed by atoms with Crippen LogP contribution >= 0.6 is 0 Å². The van der Waals surface area contributed by atoms with Crippen LogP contribution in [0, 0.1) is 5.82 Å². The number of carbonyl (C=O) groups is 2. The Bertz CT molecular complexity index is 1060. The number of halogens is 1. The molecule has 1 aliphatic carbocycles. The molecule has 4 heteroatoms. The predicted molar refractivity (Wildman–Crippen MR) is 94.6 cm³/mol. The van der Waals surface area contributed by atoms with Crippen molar-refractivity contribution in [1.82, 2.24) is 0 Å². The van der Waals surface area contributed by atoms with E-state index in [9.17, 15) is 14.0 Å². The van der Waals surface area contributed by atoms with E-state index < -0.39 is 0 Å².